The van der Waals surface area contributed by atoms with E-state index in [9.17, 15) is 4.79 Å². The Hall–Kier alpha value is -1.95. The molecule has 0 bridgehead atoms. The summed E-state index contributed by atoms with van der Waals surface area (Å²) in [5.74, 6) is 1.53. The van der Waals surface area contributed by atoms with Crippen LogP contribution in [-0.4, -0.2) is 69.9 Å². The Kier molecular flexibility index (Phi) is 5.32. The van der Waals surface area contributed by atoms with Gasteiger partial charge in [-0.1, -0.05) is 6.07 Å². The van der Waals surface area contributed by atoms with Crippen molar-refractivity contribution < 1.29 is 19.0 Å². The second-order valence-corrected chi connectivity index (χ2v) is 7.65. The van der Waals surface area contributed by atoms with Gasteiger partial charge in [0.15, 0.2) is 11.5 Å². The molecule has 2 aliphatic rings. The summed E-state index contributed by atoms with van der Waals surface area (Å²) in [6.45, 7) is 1.05. The fourth-order valence-electron chi connectivity index (χ4n) is 4.58. The minimum atomic E-state index is -0.255. The zero-order valence-corrected chi connectivity index (χ0v) is 16.4. The van der Waals surface area contributed by atoms with Crippen molar-refractivity contribution in [1.29, 1.82) is 0 Å². The smallest absolute Gasteiger partial charge is 0.409 e. The van der Waals surface area contributed by atoms with Crippen LogP contribution in [0.2, 0.25) is 0 Å². The molecule has 1 aliphatic heterocycles. The fourth-order valence-corrected chi connectivity index (χ4v) is 4.58. The van der Waals surface area contributed by atoms with Crippen molar-refractivity contribution in [1.82, 2.24) is 9.80 Å². The number of likely N-dealkylation sites (N-methyl/N-ethyl adjacent to an activating group) is 1. The van der Waals surface area contributed by atoms with Crippen molar-refractivity contribution in [2.75, 3.05) is 41.9 Å². The number of fused-ring (bicyclic) bond motifs is 1. The number of ether oxygens (including phenoxy) is 3. The van der Waals surface area contributed by atoms with Crippen LogP contribution in [0.25, 0.3) is 0 Å². The lowest BCUT2D eigenvalue weighted by Crippen LogP contribution is -2.48. The summed E-state index contributed by atoms with van der Waals surface area (Å²) in [5, 5.41) is 0. The minimum Gasteiger partial charge on any atom is -0.493 e. The molecule has 2 fully saturated rings. The van der Waals surface area contributed by atoms with Crippen molar-refractivity contribution in [3.8, 4) is 11.5 Å². The summed E-state index contributed by atoms with van der Waals surface area (Å²) < 4.78 is 16.6. The average Bonchev–Trinajstić information content (AvgIpc) is 2.98. The van der Waals surface area contributed by atoms with Gasteiger partial charge in [0.2, 0.25) is 0 Å². The van der Waals surface area contributed by atoms with Crippen LogP contribution in [0.3, 0.4) is 0 Å². The van der Waals surface area contributed by atoms with Crippen molar-refractivity contribution in [2.45, 2.75) is 43.2 Å². The molecule has 1 saturated heterocycles. The standard InChI is InChI=1S/C20H30N2O4/c1-21(2)19(23)26-15-8-9-20(10-11-22(3)18(20)13-15)14-6-7-16(24-4)17(12-14)25-5/h6-7,12,15,18H,8-11,13H2,1-5H3/t15-,18+,20+/m1/s1. The van der Waals surface area contributed by atoms with Gasteiger partial charge >= 0.3 is 6.09 Å². The lowest BCUT2D eigenvalue weighted by atomic mass is 9.65. The average molecular weight is 362 g/mol. The van der Waals surface area contributed by atoms with E-state index < -0.39 is 0 Å². The van der Waals surface area contributed by atoms with Gasteiger partial charge in [0.1, 0.15) is 6.10 Å². The summed E-state index contributed by atoms with van der Waals surface area (Å²) in [7, 11) is 8.95. The zero-order chi connectivity index (χ0) is 18.9. The number of amides is 1. The van der Waals surface area contributed by atoms with Gasteiger partial charge in [-0.25, -0.2) is 4.79 Å². The van der Waals surface area contributed by atoms with E-state index in [0.717, 1.165) is 43.7 Å². The first-order valence-electron chi connectivity index (χ1n) is 9.22. The van der Waals surface area contributed by atoms with Gasteiger partial charge in [0.05, 0.1) is 14.2 Å². The summed E-state index contributed by atoms with van der Waals surface area (Å²) in [4.78, 5) is 15.9. The van der Waals surface area contributed by atoms with Gasteiger partial charge in [0, 0.05) is 32.0 Å². The van der Waals surface area contributed by atoms with Crippen LogP contribution in [-0.2, 0) is 10.2 Å². The lowest BCUT2D eigenvalue weighted by molar-refractivity contribution is 0.0209. The first kappa shape index (κ1) is 18.8. The number of nitrogens with zero attached hydrogens (tertiary/aromatic N) is 2. The molecule has 1 heterocycles. The number of carbonyl (C=O) groups is 1. The van der Waals surface area contributed by atoms with Crippen LogP contribution in [0.5, 0.6) is 11.5 Å². The number of hydrogen-bond donors (Lipinski definition) is 0. The maximum absolute atomic E-state index is 11.9. The first-order valence-corrected chi connectivity index (χ1v) is 9.22. The Morgan fingerprint density at radius 2 is 1.92 bits per heavy atom. The zero-order valence-electron chi connectivity index (χ0n) is 16.4. The van der Waals surface area contributed by atoms with Gasteiger partial charge < -0.3 is 24.0 Å². The molecule has 0 unspecified atom stereocenters. The van der Waals surface area contributed by atoms with Gasteiger partial charge in [-0.2, -0.15) is 0 Å². The van der Waals surface area contributed by atoms with E-state index in [-0.39, 0.29) is 17.6 Å². The molecule has 0 radical (unpaired) electrons. The third kappa shape index (κ3) is 3.22. The van der Waals surface area contributed by atoms with Gasteiger partial charge in [-0.15, -0.1) is 0 Å². The summed E-state index contributed by atoms with van der Waals surface area (Å²) in [6, 6.07) is 6.64. The van der Waals surface area contributed by atoms with Gasteiger partial charge in [-0.3, -0.25) is 0 Å². The van der Waals surface area contributed by atoms with Crippen LogP contribution in [0.1, 0.15) is 31.2 Å². The molecule has 26 heavy (non-hydrogen) atoms. The van der Waals surface area contributed by atoms with Crippen molar-refractivity contribution in [3.63, 3.8) is 0 Å². The molecular weight excluding hydrogens is 332 g/mol. The number of methoxy groups -OCH3 is 2. The van der Waals surface area contributed by atoms with Crippen molar-refractivity contribution in [2.24, 2.45) is 0 Å². The molecule has 0 spiro atoms. The quantitative estimate of drug-likeness (QED) is 0.824. The molecule has 3 atom stereocenters. The molecule has 3 rings (SSSR count). The minimum absolute atomic E-state index is 0.0243. The summed E-state index contributed by atoms with van der Waals surface area (Å²) in [5.41, 5.74) is 1.37. The second kappa shape index (κ2) is 7.35. The molecular formula is C20H30N2O4. The predicted molar refractivity (Wildman–Crippen MR) is 100 cm³/mol. The van der Waals surface area contributed by atoms with Crippen molar-refractivity contribution in [3.05, 3.63) is 23.8 Å². The summed E-state index contributed by atoms with van der Waals surface area (Å²) in [6.07, 6.45) is 3.58. The Bertz CT molecular complexity index is 663. The number of rotatable bonds is 4. The largest absolute Gasteiger partial charge is 0.493 e. The van der Waals surface area contributed by atoms with Gasteiger partial charge in [0.25, 0.3) is 0 Å². The fraction of sp³-hybridized carbons (Fsp3) is 0.650. The molecule has 144 valence electrons. The van der Waals surface area contributed by atoms with Crippen LogP contribution in [0, 0.1) is 0 Å². The van der Waals surface area contributed by atoms with Crippen LogP contribution >= 0.6 is 0 Å². The molecule has 6 nitrogen and oxygen atoms in total. The maximum atomic E-state index is 11.9. The number of hydrogen-bond acceptors (Lipinski definition) is 5. The number of likely N-dealkylation sites (tertiary alicyclic amines) is 1. The predicted octanol–water partition coefficient (Wildman–Crippen LogP) is 2.90. The highest BCUT2D eigenvalue weighted by atomic mass is 16.6. The van der Waals surface area contributed by atoms with E-state index in [1.165, 1.54) is 10.5 Å². The molecule has 6 heteroatoms. The highest BCUT2D eigenvalue weighted by Crippen LogP contribution is 2.50. The van der Waals surface area contributed by atoms with E-state index in [2.05, 4.69) is 24.1 Å². The Morgan fingerprint density at radius 1 is 1.19 bits per heavy atom. The lowest BCUT2D eigenvalue weighted by Gasteiger charge is -2.44. The number of carbonyl (C=O) groups excluding carboxylic acids is 1. The molecule has 1 saturated carbocycles. The summed E-state index contributed by atoms with van der Waals surface area (Å²) >= 11 is 0. The first-order chi connectivity index (χ1) is 12.4. The van der Waals surface area contributed by atoms with Crippen LogP contribution in [0.15, 0.2) is 18.2 Å². The topological polar surface area (TPSA) is 51.2 Å². The normalized spacial score (nSPS) is 28.3. The molecule has 1 aromatic carbocycles. The SMILES string of the molecule is COc1ccc([C@@]23CC[C@@H](OC(=O)N(C)C)C[C@@H]2N(C)CC3)cc1OC. The third-order valence-electron chi connectivity index (χ3n) is 6.07. The van der Waals surface area contributed by atoms with E-state index in [1.807, 2.05) is 6.07 Å². The molecule has 0 N–H and O–H groups in total. The van der Waals surface area contributed by atoms with E-state index in [1.54, 1.807) is 28.3 Å². The second-order valence-electron chi connectivity index (χ2n) is 7.65. The van der Waals surface area contributed by atoms with Crippen LogP contribution < -0.4 is 9.47 Å². The third-order valence-corrected chi connectivity index (χ3v) is 6.07. The van der Waals surface area contributed by atoms with E-state index in [0.29, 0.717) is 6.04 Å². The molecule has 1 amide bonds. The Morgan fingerprint density at radius 3 is 2.58 bits per heavy atom. The van der Waals surface area contributed by atoms with Gasteiger partial charge in [-0.05, 0) is 50.6 Å². The number of benzene rings is 1. The Labute approximate surface area is 156 Å². The maximum Gasteiger partial charge on any atom is 0.409 e. The molecule has 1 aliphatic carbocycles. The molecule has 0 aromatic heterocycles. The van der Waals surface area contributed by atoms with Crippen LogP contribution in [0.4, 0.5) is 4.79 Å². The Balaban J connectivity index is 1.86. The van der Waals surface area contributed by atoms with Crippen molar-refractivity contribution >= 4 is 6.09 Å². The molecule has 1 aromatic rings. The van der Waals surface area contributed by atoms with E-state index >= 15 is 0 Å². The monoisotopic (exact) mass is 362 g/mol. The highest BCUT2D eigenvalue weighted by Gasteiger charge is 2.51. The van der Waals surface area contributed by atoms with E-state index in [4.69, 9.17) is 14.2 Å². The highest BCUT2D eigenvalue weighted by molar-refractivity contribution is 5.67.